The fourth-order valence-corrected chi connectivity index (χ4v) is 4.82. The van der Waals surface area contributed by atoms with Gasteiger partial charge in [-0.3, -0.25) is 9.59 Å². The number of anilines is 1. The second-order valence-electron chi connectivity index (χ2n) is 8.47. The minimum atomic E-state index is 0.0389. The smallest absolute Gasteiger partial charge is 0.230 e. The molecular formula is C25H30N2O2. The van der Waals surface area contributed by atoms with E-state index in [1.165, 1.54) is 11.1 Å². The Kier molecular flexibility index (Phi) is 5.98. The van der Waals surface area contributed by atoms with Gasteiger partial charge in [0.25, 0.3) is 0 Å². The van der Waals surface area contributed by atoms with Crippen molar-refractivity contribution in [3.8, 4) is 0 Å². The number of hydrogen-bond acceptors (Lipinski definition) is 2. The first-order chi connectivity index (χ1) is 14.1. The van der Waals surface area contributed by atoms with Gasteiger partial charge >= 0.3 is 0 Å². The summed E-state index contributed by atoms with van der Waals surface area (Å²) < 4.78 is 0. The molecule has 0 radical (unpaired) electrons. The number of amides is 2. The summed E-state index contributed by atoms with van der Waals surface area (Å²) in [5, 5.41) is 3.09. The summed E-state index contributed by atoms with van der Waals surface area (Å²) in [5.74, 6) is 0.465. The lowest BCUT2D eigenvalue weighted by atomic mass is 9.80. The second-order valence-corrected chi connectivity index (χ2v) is 8.47. The third-order valence-electron chi connectivity index (χ3n) is 6.45. The van der Waals surface area contributed by atoms with Gasteiger partial charge in [-0.05, 0) is 62.6 Å². The standard InChI is InChI=1S/C25H30N2O2/c1-18-17-22-9-5-6-10-23(22)27(18)25(29)21-13-11-20(12-14-21)24(28)26-16-15-19-7-3-2-4-8-19/h2-10,18,20-21H,11-17H2,1H3,(H,26,28). The van der Waals surface area contributed by atoms with E-state index in [2.05, 4.69) is 36.5 Å². The molecule has 0 spiro atoms. The van der Waals surface area contributed by atoms with Crippen molar-refractivity contribution in [3.05, 3.63) is 65.7 Å². The lowest BCUT2D eigenvalue weighted by Gasteiger charge is -2.32. The number of rotatable bonds is 5. The average Bonchev–Trinajstić information content (AvgIpc) is 3.09. The van der Waals surface area contributed by atoms with Crippen LogP contribution in [0, 0.1) is 11.8 Å². The largest absolute Gasteiger partial charge is 0.356 e. The molecule has 2 aliphatic rings. The van der Waals surface area contributed by atoms with Crippen LogP contribution < -0.4 is 10.2 Å². The zero-order valence-electron chi connectivity index (χ0n) is 17.1. The van der Waals surface area contributed by atoms with Crippen molar-refractivity contribution in [3.63, 3.8) is 0 Å². The van der Waals surface area contributed by atoms with Crippen LogP contribution in [0.4, 0.5) is 5.69 Å². The van der Waals surface area contributed by atoms with E-state index in [9.17, 15) is 9.59 Å². The van der Waals surface area contributed by atoms with Gasteiger partial charge in [0.1, 0.15) is 0 Å². The molecule has 2 aromatic rings. The molecule has 0 bridgehead atoms. The highest BCUT2D eigenvalue weighted by Crippen LogP contribution is 2.37. The number of para-hydroxylation sites is 1. The van der Waals surface area contributed by atoms with E-state index in [4.69, 9.17) is 0 Å². The van der Waals surface area contributed by atoms with Crippen LogP contribution in [-0.2, 0) is 22.4 Å². The number of carbonyl (C=O) groups excluding carboxylic acids is 2. The molecule has 1 fully saturated rings. The third kappa shape index (κ3) is 4.36. The molecule has 2 amide bonds. The van der Waals surface area contributed by atoms with E-state index in [1.807, 2.05) is 35.2 Å². The highest BCUT2D eigenvalue weighted by atomic mass is 16.2. The zero-order chi connectivity index (χ0) is 20.2. The molecule has 0 saturated heterocycles. The van der Waals surface area contributed by atoms with Crippen LogP contribution in [0.25, 0.3) is 0 Å². The monoisotopic (exact) mass is 390 g/mol. The molecule has 2 aromatic carbocycles. The van der Waals surface area contributed by atoms with Gasteiger partial charge in [-0.2, -0.15) is 0 Å². The van der Waals surface area contributed by atoms with Crippen LogP contribution in [0.1, 0.15) is 43.7 Å². The normalized spacial score (nSPS) is 23.5. The number of nitrogens with zero attached hydrogens (tertiary/aromatic N) is 1. The lowest BCUT2D eigenvalue weighted by molar-refractivity contribution is -0.129. The highest BCUT2D eigenvalue weighted by molar-refractivity contribution is 5.97. The summed E-state index contributed by atoms with van der Waals surface area (Å²) in [4.78, 5) is 27.7. The van der Waals surface area contributed by atoms with E-state index in [-0.39, 0.29) is 29.7 Å². The summed E-state index contributed by atoms with van der Waals surface area (Å²) >= 11 is 0. The van der Waals surface area contributed by atoms with E-state index in [0.717, 1.165) is 44.2 Å². The number of nitrogens with one attached hydrogen (secondary N) is 1. The average molecular weight is 391 g/mol. The molecule has 152 valence electrons. The molecule has 29 heavy (non-hydrogen) atoms. The molecule has 1 N–H and O–H groups in total. The topological polar surface area (TPSA) is 49.4 Å². The van der Waals surface area contributed by atoms with Gasteiger partial charge in [0, 0.05) is 30.1 Å². The fourth-order valence-electron chi connectivity index (χ4n) is 4.82. The number of carbonyl (C=O) groups is 2. The quantitative estimate of drug-likeness (QED) is 0.835. The molecule has 4 rings (SSSR count). The van der Waals surface area contributed by atoms with Crippen molar-refractivity contribution >= 4 is 17.5 Å². The molecule has 1 unspecified atom stereocenters. The SMILES string of the molecule is CC1Cc2ccccc2N1C(=O)C1CCC(C(=O)NCCc2ccccc2)CC1. The maximum Gasteiger partial charge on any atom is 0.230 e. The van der Waals surface area contributed by atoms with E-state index in [0.29, 0.717) is 6.54 Å². The first-order valence-electron chi connectivity index (χ1n) is 10.9. The second kappa shape index (κ2) is 8.81. The highest BCUT2D eigenvalue weighted by Gasteiger charge is 2.37. The number of fused-ring (bicyclic) bond motifs is 1. The first kappa shape index (κ1) is 19.7. The Labute approximate surface area is 173 Å². The number of benzene rings is 2. The Hall–Kier alpha value is -2.62. The van der Waals surface area contributed by atoms with Crippen LogP contribution >= 0.6 is 0 Å². The molecule has 1 atom stereocenters. The van der Waals surface area contributed by atoms with Crippen LogP contribution in [0.2, 0.25) is 0 Å². The van der Waals surface area contributed by atoms with Gasteiger partial charge in [0.05, 0.1) is 0 Å². The lowest BCUT2D eigenvalue weighted by Crippen LogP contribution is -2.42. The van der Waals surface area contributed by atoms with E-state index < -0.39 is 0 Å². The van der Waals surface area contributed by atoms with Gasteiger partial charge in [-0.15, -0.1) is 0 Å². The van der Waals surface area contributed by atoms with Crippen LogP contribution in [0.3, 0.4) is 0 Å². The minimum Gasteiger partial charge on any atom is -0.356 e. The summed E-state index contributed by atoms with van der Waals surface area (Å²) in [7, 11) is 0. The summed E-state index contributed by atoms with van der Waals surface area (Å²) in [6.07, 6.45) is 5.00. The Bertz CT molecular complexity index is 856. The summed E-state index contributed by atoms with van der Waals surface area (Å²) in [5.41, 5.74) is 3.58. The summed E-state index contributed by atoms with van der Waals surface area (Å²) in [6, 6.07) is 18.7. The Morgan fingerprint density at radius 3 is 2.34 bits per heavy atom. The molecule has 1 aliphatic carbocycles. The van der Waals surface area contributed by atoms with Gasteiger partial charge in [-0.25, -0.2) is 0 Å². The Balaban J connectivity index is 1.27. The van der Waals surface area contributed by atoms with E-state index in [1.54, 1.807) is 0 Å². The van der Waals surface area contributed by atoms with Crippen molar-refractivity contribution in [2.45, 2.75) is 51.5 Å². The predicted octanol–water partition coefficient (Wildman–Crippen LogP) is 4.13. The maximum absolute atomic E-state index is 13.2. The molecule has 1 aliphatic heterocycles. The van der Waals surface area contributed by atoms with Gasteiger partial charge < -0.3 is 10.2 Å². The first-order valence-corrected chi connectivity index (χ1v) is 10.9. The Morgan fingerprint density at radius 2 is 1.59 bits per heavy atom. The molecule has 0 aromatic heterocycles. The van der Waals surface area contributed by atoms with Gasteiger partial charge in [0.15, 0.2) is 0 Å². The molecule has 1 heterocycles. The predicted molar refractivity (Wildman–Crippen MR) is 116 cm³/mol. The van der Waals surface area contributed by atoms with Crippen molar-refractivity contribution < 1.29 is 9.59 Å². The van der Waals surface area contributed by atoms with Gasteiger partial charge in [-0.1, -0.05) is 48.5 Å². The van der Waals surface area contributed by atoms with Crippen molar-refractivity contribution in [1.82, 2.24) is 5.32 Å². The van der Waals surface area contributed by atoms with Crippen LogP contribution in [0.15, 0.2) is 54.6 Å². The van der Waals surface area contributed by atoms with Crippen molar-refractivity contribution in [2.24, 2.45) is 11.8 Å². The summed E-state index contributed by atoms with van der Waals surface area (Å²) in [6.45, 7) is 2.80. The Morgan fingerprint density at radius 1 is 0.931 bits per heavy atom. The fraction of sp³-hybridized carbons (Fsp3) is 0.440. The van der Waals surface area contributed by atoms with E-state index >= 15 is 0 Å². The van der Waals surface area contributed by atoms with Crippen LogP contribution in [-0.4, -0.2) is 24.4 Å². The number of hydrogen-bond donors (Lipinski definition) is 1. The molecule has 4 nitrogen and oxygen atoms in total. The minimum absolute atomic E-state index is 0.0389. The molecule has 4 heteroatoms. The molecule has 1 saturated carbocycles. The maximum atomic E-state index is 13.2. The third-order valence-corrected chi connectivity index (χ3v) is 6.45. The zero-order valence-corrected chi connectivity index (χ0v) is 17.1. The molecular weight excluding hydrogens is 360 g/mol. The van der Waals surface area contributed by atoms with Crippen LogP contribution in [0.5, 0.6) is 0 Å². The van der Waals surface area contributed by atoms with Crippen molar-refractivity contribution in [2.75, 3.05) is 11.4 Å². The van der Waals surface area contributed by atoms with Gasteiger partial charge in [0.2, 0.25) is 11.8 Å². The van der Waals surface area contributed by atoms with Crippen molar-refractivity contribution in [1.29, 1.82) is 0 Å².